The molecule has 0 saturated heterocycles. The van der Waals surface area contributed by atoms with Crippen LogP contribution in [0.1, 0.15) is 17.3 Å². The second kappa shape index (κ2) is 6.64. The summed E-state index contributed by atoms with van der Waals surface area (Å²) in [5.74, 6) is 0. The van der Waals surface area contributed by atoms with Crippen LogP contribution in [0.2, 0.25) is 0 Å². The van der Waals surface area contributed by atoms with Crippen LogP contribution in [0.4, 0.5) is 0 Å². The molecule has 0 aliphatic heterocycles. The van der Waals surface area contributed by atoms with Crippen LogP contribution in [0.3, 0.4) is 0 Å². The number of hydrogen-bond acceptors (Lipinski definition) is 6. The van der Waals surface area contributed by atoms with Crippen molar-refractivity contribution >= 4 is 11.0 Å². The number of aromatic nitrogens is 3. The van der Waals surface area contributed by atoms with Crippen molar-refractivity contribution in [1.82, 2.24) is 20.2 Å². The molecule has 0 saturated carbocycles. The lowest BCUT2D eigenvalue weighted by molar-refractivity contribution is 0.100. The zero-order chi connectivity index (χ0) is 15.4. The van der Waals surface area contributed by atoms with E-state index in [4.69, 9.17) is 9.37 Å². The zero-order valence-corrected chi connectivity index (χ0v) is 12.6. The van der Waals surface area contributed by atoms with Crippen LogP contribution < -0.4 is 0 Å². The summed E-state index contributed by atoms with van der Waals surface area (Å²) in [6, 6.07) is 11.9. The SMILES string of the molecule is COCC(c1ccccn1)N(C)Cc1cccc2nonc12. The Balaban J connectivity index is 1.85. The van der Waals surface area contributed by atoms with Crippen LogP contribution in [-0.4, -0.2) is 41.0 Å². The van der Waals surface area contributed by atoms with E-state index in [0.29, 0.717) is 13.2 Å². The first-order chi connectivity index (χ1) is 10.8. The Hall–Kier alpha value is -2.31. The Labute approximate surface area is 128 Å². The highest BCUT2D eigenvalue weighted by molar-refractivity contribution is 5.76. The van der Waals surface area contributed by atoms with Crippen molar-refractivity contribution in [2.24, 2.45) is 0 Å². The number of nitrogens with zero attached hydrogens (tertiary/aromatic N) is 4. The average molecular weight is 298 g/mol. The third-order valence-electron chi connectivity index (χ3n) is 3.68. The Morgan fingerprint density at radius 3 is 2.86 bits per heavy atom. The second-order valence-corrected chi connectivity index (χ2v) is 5.19. The molecule has 0 aliphatic rings. The normalized spacial score (nSPS) is 12.9. The lowest BCUT2D eigenvalue weighted by atomic mass is 10.1. The molecule has 1 unspecified atom stereocenters. The predicted molar refractivity (Wildman–Crippen MR) is 82.1 cm³/mol. The molecule has 3 aromatic rings. The largest absolute Gasteiger partial charge is 0.383 e. The number of likely N-dealkylation sites (N-methyl/N-ethyl adjacent to an activating group) is 1. The van der Waals surface area contributed by atoms with Crippen LogP contribution in [0.15, 0.2) is 47.2 Å². The molecule has 1 atom stereocenters. The van der Waals surface area contributed by atoms with E-state index in [1.165, 1.54) is 0 Å². The summed E-state index contributed by atoms with van der Waals surface area (Å²) in [5.41, 5.74) is 3.62. The van der Waals surface area contributed by atoms with Gasteiger partial charge in [-0.1, -0.05) is 18.2 Å². The monoisotopic (exact) mass is 298 g/mol. The number of rotatable bonds is 6. The number of ether oxygens (including phenoxy) is 1. The van der Waals surface area contributed by atoms with E-state index in [1.807, 2.05) is 43.4 Å². The lowest BCUT2D eigenvalue weighted by Gasteiger charge is -2.27. The molecule has 2 heterocycles. The molecule has 22 heavy (non-hydrogen) atoms. The van der Waals surface area contributed by atoms with Gasteiger partial charge in [0.15, 0.2) is 0 Å². The van der Waals surface area contributed by atoms with E-state index in [2.05, 4.69) is 20.2 Å². The molecule has 0 radical (unpaired) electrons. The highest BCUT2D eigenvalue weighted by atomic mass is 16.6. The first-order valence-electron chi connectivity index (χ1n) is 7.10. The number of pyridine rings is 1. The van der Waals surface area contributed by atoms with Crippen molar-refractivity contribution < 1.29 is 9.37 Å². The number of hydrogen-bond donors (Lipinski definition) is 0. The molecule has 0 aliphatic carbocycles. The highest BCUT2D eigenvalue weighted by Gasteiger charge is 2.19. The van der Waals surface area contributed by atoms with Crippen molar-refractivity contribution in [2.45, 2.75) is 12.6 Å². The van der Waals surface area contributed by atoms with Gasteiger partial charge in [0.2, 0.25) is 0 Å². The molecule has 114 valence electrons. The van der Waals surface area contributed by atoms with Gasteiger partial charge in [0, 0.05) is 19.9 Å². The van der Waals surface area contributed by atoms with Crippen LogP contribution >= 0.6 is 0 Å². The summed E-state index contributed by atoms with van der Waals surface area (Å²) in [4.78, 5) is 6.63. The molecule has 0 bridgehead atoms. The summed E-state index contributed by atoms with van der Waals surface area (Å²) < 4.78 is 10.2. The molecule has 0 fully saturated rings. The topological polar surface area (TPSA) is 64.3 Å². The van der Waals surface area contributed by atoms with E-state index in [9.17, 15) is 0 Å². The molecule has 1 aromatic carbocycles. The van der Waals surface area contributed by atoms with Crippen molar-refractivity contribution in [1.29, 1.82) is 0 Å². The van der Waals surface area contributed by atoms with Gasteiger partial charge in [-0.15, -0.1) is 0 Å². The minimum atomic E-state index is 0.0707. The molecular formula is C16H18N4O2. The zero-order valence-electron chi connectivity index (χ0n) is 12.6. The molecule has 3 rings (SSSR count). The average Bonchev–Trinajstić information content (AvgIpc) is 3.03. The Morgan fingerprint density at radius 2 is 2.09 bits per heavy atom. The first kappa shape index (κ1) is 14.6. The Bertz CT molecular complexity index is 729. The van der Waals surface area contributed by atoms with Gasteiger partial charge in [0.25, 0.3) is 0 Å². The molecular weight excluding hydrogens is 280 g/mol. The molecule has 0 spiro atoms. The first-order valence-corrected chi connectivity index (χ1v) is 7.10. The van der Waals surface area contributed by atoms with Gasteiger partial charge in [-0.25, -0.2) is 4.63 Å². The van der Waals surface area contributed by atoms with Gasteiger partial charge >= 0.3 is 0 Å². The van der Waals surface area contributed by atoms with E-state index in [0.717, 1.165) is 22.3 Å². The summed E-state index contributed by atoms with van der Waals surface area (Å²) in [7, 11) is 3.75. The fourth-order valence-corrected chi connectivity index (χ4v) is 2.54. The van der Waals surface area contributed by atoms with Crippen molar-refractivity contribution in [3.63, 3.8) is 0 Å². The summed E-state index contributed by atoms with van der Waals surface area (Å²) >= 11 is 0. The molecule has 6 nitrogen and oxygen atoms in total. The summed E-state index contributed by atoms with van der Waals surface area (Å²) in [6.45, 7) is 1.27. The maximum atomic E-state index is 5.36. The van der Waals surface area contributed by atoms with Gasteiger partial charge in [-0.05, 0) is 41.1 Å². The number of fused-ring (bicyclic) bond motifs is 1. The van der Waals surface area contributed by atoms with Gasteiger partial charge in [0.05, 0.1) is 18.3 Å². The van der Waals surface area contributed by atoms with Gasteiger partial charge in [-0.3, -0.25) is 9.88 Å². The maximum absolute atomic E-state index is 5.36. The molecule has 0 amide bonds. The fourth-order valence-electron chi connectivity index (χ4n) is 2.54. The summed E-state index contributed by atoms with van der Waals surface area (Å²) in [6.07, 6.45) is 1.80. The molecule has 2 aromatic heterocycles. The van der Waals surface area contributed by atoms with Crippen LogP contribution in [-0.2, 0) is 11.3 Å². The third kappa shape index (κ3) is 2.98. The van der Waals surface area contributed by atoms with Crippen LogP contribution in [0, 0.1) is 0 Å². The van der Waals surface area contributed by atoms with E-state index in [-0.39, 0.29) is 6.04 Å². The van der Waals surface area contributed by atoms with Crippen molar-refractivity contribution in [2.75, 3.05) is 20.8 Å². The molecule has 0 N–H and O–H groups in total. The van der Waals surface area contributed by atoms with Gasteiger partial charge < -0.3 is 4.74 Å². The van der Waals surface area contributed by atoms with Crippen molar-refractivity contribution in [3.05, 3.63) is 53.9 Å². The Morgan fingerprint density at radius 1 is 1.18 bits per heavy atom. The number of benzene rings is 1. The molecule has 6 heteroatoms. The van der Waals surface area contributed by atoms with Crippen LogP contribution in [0.5, 0.6) is 0 Å². The summed E-state index contributed by atoms with van der Waals surface area (Å²) in [5, 5.41) is 7.87. The lowest BCUT2D eigenvalue weighted by Crippen LogP contribution is -2.28. The minimum Gasteiger partial charge on any atom is -0.383 e. The number of methoxy groups -OCH3 is 1. The maximum Gasteiger partial charge on any atom is 0.139 e. The van der Waals surface area contributed by atoms with Gasteiger partial charge in [0.1, 0.15) is 11.0 Å². The quantitative estimate of drug-likeness (QED) is 0.696. The smallest absolute Gasteiger partial charge is 0.139 e. The van der Waals surface area contributed by atoms with Crippen LogP contribution in [0.25, 0.3) is 11.0 Å². The Kier molecular flexibility index (Phi) is 4.41. The predicted octanol–water partition coefficient (Wildman–Crippen LogP) is 2.44. The highest BCUT2D eigenvalue weighted by Crippen LogP contribution is 2.22. The second-order valence-electron chi connectivity index (χ2n) is 5.19. The standard InChI is InChI=1S/C16H18N4O2/c1-20(15(11-21-2)13-7-3-4-9-17-13)10-12-6-5-8-14-16(12)19-22-18-14/h3-9,15H,10-11H2,1-2H3. The van der Waals surface area contributed by atoms with E-state index >= 15 is 0 Å². The van der Waals surface area contributed by atoms with E-state index < -0.39 is 0 Å². The minimum absolute atomic E-state index is 0.0707. The van der Waals surface area contributed by atoms with Crippen molar-refractivity contribution in [3.8, 4) is 0 Å². The van der Waals surface area contributed by atoms with Gasteiger partial charge in [-0.2, -0.15) is 0 Å². The third-order valence-corrected chi connectivity index (χ3v) is 3.68. The van der Waals surface area contributed by atoms with E-state index in [1.54, 1.807) is 13.3 Å². The fraction of sp³-hybridized carbons (Fsp3) is 0.312.